The zero-order chi connectivity index (χ0) is 13.0. The lowest BCUT2D eigenvalue weighted by Crippen LogP contribution is -2.18. The van der Waals surface area contributed by atoms with Gasteiger partial charge in [0.25, 0.3) is 5.91 Å². The minimum atomic E-state index is -0.495. The molecule has 0 radical (unpaired) electrons. The summed E-state index contributed by atoms with van der Waals surface area (Å²) in [5, 5.41) is 3.19. The summed E-state index contributed by atoms with van der Waals surface area (Å²) < 4.78 is 4.91. The van der Waals surface area contributed by atoms with E-state index in [4.69, 9.17) is 10.5 Å². The average molecular weight is 321 g/mol. The number of esters is 1. The molecule has 0 spiro atoms. The molecular weight excluding hydrogens is 308 g/mol. The van der Waals surface area contributed by atoms with Gasteiger partial charge in [0.1, 0.15) is 5.00 Å². The van der Waals surface area contributed by atoms with E-state index in [0.29, 0.717) is 20.8 Å². The van der Waals surface area contributed by atoms with Crippen LogP contribution in [0, 0.1) is 0 Å². The van der Waals surface area contributed by atoms with Gasteiger partial charge in [-0.15, -0.1) is 11.3 Å². The van der Waals surface area contributed by atoms with Gasteiger partial charge in [-0.1, -0.05) is 15.9 Å². The van der Waals surface area contributed by atoms with Crippen LogP contribution in [0.15, 0.2) is 0 Å². The Morgan fingerprint density at radius 1 is 1.53 bits per heavy atom. The molecule has 0 aliphatic rings. The molecule has 1 amide bonds. The summed E-state index contributed by atoms with van der Waals surface area (Å²) >= 11 is 4.34. The van der Waals surface area contributed by atoms with Gasteiger partial charge in [-0.05, 0) is 6.92 Å². The minimum absolute atomic E-state index is 0.258. The molecule has 94 valence electrons. The van der Waals surface area contributed by atoms with Crippen molar-refractivity contribution in [2.24, 2.45) is 0 Å². The molecule has 0 fully saturated rings. The van der Waals surface area contributed by atoms with Crippen LogP contribution in [0.3, 0.4) is 0 Å². The van der Waals surface area contributed by atoms with Crippen molar-refractivity contribution in [2.45, 2.75) is 12.3 Å². The van der Waals surface area contributed by atoms with E-state index in [9.17, 15) is 9.59 Å². The first-order valence-corrected chi connectivity index (χ1v) is 6.86. The first-order valence-electron chi connectivity index (χ1n) is 4.93. The molecule has 1 rings (SSSR count). The molecule has 7 heteroatoms. The summed E-state index contributed by atoms with van der Waals surface area (Å²) in [7, 11) is 1.53. The number of hydrogen-bond donors (Lipinski definition) is 2. The maximum Gasteiger partial charge on any atom is 0.341 e. The molecule has 0 bridgehead atoms. The first-order chi connectivity index (χ1) is 8.06. The molecule has 1 heterocycles. The van der Waals surface area contributed by atoms with Gasteiger partial charge in [-0.25, -0.2) is 4.79 Å². The van der Waals surface area contributed by atoms with E-state index >= 15 is 0 Å². The molecule has 5 nitrogen and oxygen atoms in total. The first kappa shape index (κ1) is 14.0. The number of nitrogen functional groups attached to an aromatic ring is 1. The van der Waals surface area contributed by atoms with Gasteiger partial charge < -0.3 is 15.8 Å². The highest BCUT2D eigenvalue weighted by Crippen LogP contribution is 2.33. The zero-order valence-electron chi connectivity index (χ0n) is 9.50. The summed E-state index contributed by atoms with van der Waals surface area (Å²) in [4.78, 5) is 23.8. The number of anilines is 1. The van der Waals surface area contributed by atoms with Crippen LogP contribution in [-0.2, 0) is 10.1 Å². The predicted molar refractivity (Wildman–Crippen MR) is 70.7 cm³/mol. The second-order valence-electron chi connectivity index (χ2n) is 3.08. The van der Waals surface area contributed by atoms with Crippen molar-refractivity contribution in [3.05, 3.63) is 16.0 Å². The molecule has 1 aromatic heterocycles. The largest absolute Gasteiger partial charge is 0.462 e. The van der Waals surface area contributed by atoms with E-state index in [-0.39, 0.29) is 18.1 Å². The molecule has 0 saturated heterocycles. The number of amides is 1. The third-order valence-corrected chi connectivity index (χ3v) is 3.70. The van der Waals surface area contributed by atoms with Gasteiger partial charge in [0.2, 0.25) is 0 Å². The van der Waals surface area contributed by atoms with Crippen molar-refractivity contribution in [3.63, 3.8) is 0 Å². The topological polar surface area (TPSA) is 81.4 Å². The summed E-state index contributed by atoms with van der Waals surface area (Å²) in [6, 6.07) is 0. The molecular formula is C10H13BrN2O3S. The third-order valence-electron chi connectivity index (χ3n) is 2.08. The molecule has 0 saturated carbocycles. The lowest BCUT2D eigenvalue weighted by molar-refractivity contribution is 0.0527. The maximum absolute atomic E-state index is 11.7. The Hall–Kier alpha value is -1.08. The van der Waals surface area contributed by atoms with Gasteiger partial charge in [0.15, 0.2) is 0 Å². The van der Waals surface area contributed by atoms with E-state index in [2.05, 4.69) is 21.2 Å². The van der Waals surface area contributed by atoms with Gasteiger partial charge >= 0.3 is 5.97 Å². The number of hydrogen-bond acceptors (Lipinski definition) is 5. The predicted octanol–water partition coefficient (Wildman–Crippen LogP) is 1.76. The number of rotatable bonds is 4. The van der Waals surface area contributed by atoms with Crippen LogP contribution >= 0.6 is 27.3 Å². The lowest BCUT2D eigenvalue weighted by Gasteiger charge is -2.04. The Morgan fingerprint density at radius 2 is 2.18 bits per heavy atom. The number of carbonyl (C=O) groups excluding carboxylic acids is 2. The van der Waals surface area contributed by atoms with Gasteiger partial charge in [-0.2, -0.15) is 0 Å². The van der Waals surface area contributed by atoms with Crippen LogP contribution < -0.4 is 11.1 Å². The Kier molecular flexibility index (Phi) is 4.95. The molecule has 3 N–H and O–H groups in total. The van der Waals surface area contributed by atoms with Crippen LogP contribution in [0.5, 0.6) is 0 Å². The monoisotopic (exact) mass is 320 g/mol. The average Bonchev–Trinajstić information content (AvgIpc) is 2.65. The van der Waals surface area contributed by atoms with Crippen molar-refractivity contribution in [2.75, 3.05) is 19.4 Å². The van der Waals surface area contributed by atoms with E-state index in [0.717, 1.165) is 11.3 Å². The van der Waals surface area contributed by atoms with Crippen molar-refractivity contribution >= 4 is 44.1 Å². The van der Waals surface area contributed by atoms with Crippen LogP contribution in [0.25, 0.3) is 0 Å². The molecule has 0 atom stereocenters. The maximum atomic E-state index is 11.7. The van der Waals surface area contributed by atoms with Crippen molar-refractivity contribution in [3.8, 4) is 0 Å². The van der Waals surface area contributed by atoms with Crippen molar-refractivity contribution in [1.82, 2.24) is 5.32 Å². The lowest BCUT2D eigenvalue weighted by atomic mass is 10.1. The number of ether oxygens (including phenoxy) is 1. The molecule has 0 aromatic carbocycles. The standard InChI is InChI=1S/C10H13BrN2O3S/c1-3-16-10(15)6-5(4-11)7(9(14)13-2)17-8(6)12/h3-4,12H2,1-2H3,(H,13,14). The quantitative estimate of drug-likeness (QED) is 0.654. The van der Waals surface area contributed by atoms with E-state index in [1.54, 1.807) is 6.92 Å². The van der Waals surface area contributed by atoms with Crippen molar-refractivity contribution < 1.29 is 14.3 Å². The molecule has 17 heavy (non-hydrogen) atoms. The molecule has 0 aliphatic heterocycles. The number of carbonyl (C=O) groups is 2. The summed E-state index contributed by atoms with van der Waals surface area (Å²) in [5.41, 5.74) is 6.62. The highest BCUT2D eigenvalue weighted by molar-refractivity contribution is 9.08. The Bertz CT molecular complexity index is 445. The second kappa shape index (κ2) is 6.02. The van der Waals surface area contributed by atoms with Gasteiger partial charge in [0, 0.05) is 17.9 Å². The van der Waals surface area contributed by atoms with E-state index in [1.165, 1.54) is 7.05 Å². The Balaban J connectivity index is 3.26. The Morgan fingerprint density at radius 3 is 2.65 bits per heavy atom. The number of thiophene rings is 1. The van der Waals surface area contributed by atoms with Crippen LogP contribution in [0.4, 0.5) is 5.00 Å². The minimum Gasteiger partial charge on any atom is -0.462 e. The fourth-order valence-electron chi connectivity index (χ4n) is 1.34. The van der Waals surface area contributed by atoms with Crippen molar-refractivity contribution in [1.29, 1.82) is 0 Å². The fraction of sp³-hybridized carbons (Fsp3) is 0.400. The summed E-state index contributed by atoms with van der Waals surface area (Å²) in [5.74, 6) is -0.752. The van der Waals surface area contributed by atoms with Gasteiger partial charge in [0.05, 0.1) is 17.0 Å². The number of alkyl halides is 1. The van der Waals surface area contributed by atoms with Crippen LogP contribution in [-0.4, -0.2) is 25.5 Å². The normalized spacial score (nSPS) is 10.1. The highest BCUT2D eigenvalue weighted by Gasteiger charge is 2.25. The van der Waals surface area contributed by atoms with Crippen LogP contribution in [0.1, 0.15) is 32.5 Å². The third kappa shape index (κ3) is 2.78. The van der Waals surface area contributed by atoms with Crippen LogP contribution in [0.2, 0.25) is 0 Å². The van der Waals surface area contributed by atoms with E-state index < -0.39 is 5.97 Å². The zero-order valence-corrected chi connectivity index (χ0v) is 11.9. The highest BCUT2D eigenvalue weighted by atomic mass is 79.9. The van der Waals surface area contributed by atoms with Gasteiger partial charge in [-0.3, -0.25) is 4.79 Å². The number of nitrogens with one attached hydrogen (secondary N) is 1. The number of nitrogens with two attached hydrogens (primary N) is 1. The SMILES string of the molecule is CCOC(=O)c1c(N)sc(C(=O)NC)c1CBr. The second-order valence-corrected chi connectivity index (χ2v) is 4.70. The smallest absolute Gasteiger partial charge is 0.341 e. The fourth-order valence-corrected chi connectivity index (χ4v) is 3.10. The van der Waals surface area contributed by atoms with E-state index in [1.807, 2.05) is 0 Å². The summed E-state index contributed by atoms with van der Waals surface area (Å²) in [6.45, 7) is 1.99. The molecule has 1 aromatic rings. The number of halogens is 1. The molecule has 0 aliphatic carbocycles. The summed E-state index contributed by atoms with van der Waals surface area (Å²) in [6.07, 6.45) is 0. The molecule has 0 unspecified atom stereocenters. The Labute approximate surface area is 111 Å².